The third-order valence-corrected chi connectivity index (χ3v) is 2.97. The molecular formula is C8H13Cl2NO. The molecule has 0 aliphatic carbocycles. The SMILES string of the molecule is CC(C)C1CNC(=O)C(Cl)(Cl)C1. The van der Waals surface area contributed by atoms with Crippen molar-refractivity contribution in [3.05, 3.63) is 0 Å². The van der Waals surface area contributed by atoms with Crippen molar-refractivity contribution in [1.29, 1.82) is 0 Å². The second-order valence-corrected chi connectivity index (χ2v) is 5.11. The number of nitrogens with one attached hydrogen (secondary N) is 1. The predicted molar refractivity (Wildman–Crippen MR) is 50.4 cm³/mol. The molecule has 0 aromatic heterocycles. The number of piperidine rings is 1. The zero-order valence-electron chi connectivity index (χ0n) is 7.23. The van der Waals surface area contributed by atoms with Crippen LogP contribution < -0.4 is 5.32 Å². The molecule has 1 unspecified atom stereocenters. The van der Waals surface area contributed by atoms with Crippen LogP contribution in [-0.2, 0) is 4.79 Å². The van der Waals surface area contributed by atoms with Crippen LogP contribution in [0.2, 0.25) is 0 Å². The number of halogens is 2. The minimum atomic E-state index is -1.22. The third kappa shape index (κ3) is 2.05. The van der Waals surface area contributed by atoms with E-state index in [2.05, 4.69) is 19.2 Å². The Morgan fingerprint density at radius 3 is 2.58 bits per heavy atom. The Balaban J connectivity index is 2.63. The van der Waals surface area contributed by atoms with Gasteiger partial charge in [0.2, 0.25) is 0 Å². The van der Waals surface area contributed by atoms with E-state index < -0.39 is 4.33 Å². The topological polar surface area (TPSA) is 29.1 Å². The van der Waals surface area contributed by atoms with Gasteiger partial charge in [-0.1, -0.05) is 37.0 Å². The molecule has 1 N–H and O–H groups in total. The molecule has 1 rings (SSSR count). The lowest BCUT2D eigenvalue weighted by Gasteiger charge is -2.33. The van der Waals surface area contributed by atoms with Crippen LogP contribution in [0.1, 0.15) is 20.3 Å². The number of alkyl halides is 2. The first-order valence-electron chi connectivity index (χ1n) is 4.09. The largest absolute Gasteiger partial charge is 0.353 e. The van der Waals surface area contributed by atoms with Crippen molar-refractivity contribution in [2.75, 3.05) is 6.54 Å². The van der Waals surface area contributed by atoms with E-state index in [0.717, 1.165) is 0 Å². The zero-order chi connectivity index (χ0) is 9.35. The van der Waals surface area contributed by atoms with Gasteiger partial charge in [-0.3, -0.25) is 4.79 Å². The van der Waals surface area contributed by atoms with Crippen molar-refractivity contribution < 1.29 is 4.79 Å². The van der Waals surface area contributed by atoms with E-state index in [1.54, 1.807) is 0 Å². The van der Waals surface area contributed by atoms with E-state index in [1.807, 2.05) is 0 Å². The molecule has 1 aliphatic rings. The highest BCUT2D eigenvalue weighted by Crippen LogP contribution is 2.35. The highest BCUT2D eigenvalue weighted by Gasteiger charge is 2.40. The van der Waals surface area contributed by atoms with Crippen LogP contribution in [0.4, 0.5) is 0 Å². The number of amides is 1. The third-order valence-electron chi connectivity index (χ3n) is 2.32. The summed E-state index contributed by atoms with van der Waals surface area (Å²) in [6, 6.07) is 0. The molecule has 0 aromatic carbocycles. The van der Waals surface area contributed by atoms with Crippen molar-refractivity contribution >= 4 is 29.1 Å². The lowest BCUT2D eigenvalue weighted by atomic mass is 9.88. The van der Waals surface area contributed by atoms with Gasteiger partial charge in [0, 0.05) is 6.54 Å². The Bertz CT molecular complexity index is 191. The lowest BCUT2D eigenvalue weighted by Crippen LogP contribution is -2.49. The first-order valence-corrected chi connectivity index (χ1v) is 4.85. The molecule has 1 atom stereocenters. The van der Waals surface area contributed by atoms with E-state index in [-0.39, 0.29) is 5.91 Å². The van der Waals surface area contributed by atoms with E-state index in [0.29, 0.717) is 24.8 Å². The van der Waals surface area contributed by atoms with Gasteiger partial charge in [0.1, 0.15) is 0 Å². The Kier molecular flexibility index (Phi) is 2.89. The van der Waals surface area contributed by atoms with Gasteiger partial charge in [-0.25, -0.2) is 0 Å². The molecule has 0 bridgehead atoms. The van der Waals surface area contributed by atoms with Gasteiger partial charge in [-0.2, -0.15) is 0 Å². The fourth-order valence-corrected chi connectivity index (χ4v) is 1.85. The van der Waals surface area contributed by atoms with Crippen LogP contribution in [0.15, 0.2) is 0 Å². The monoisotopic (exact) mass is 209 g/mol. The van der Waals surface area contributed by atoms with Gasteiger partial charge < -0.3 is 5.32 Å². The van der Waals surface area contributed by atoms with Crippen molar-refractivity contribution in [3.63, 3.8) is 0 Å². The number of carbonyl (C=O) groups is 1. The van der Waals surface area contributed by atoms with Gasteiger partial charge in [0.05, 0.1) is 0 Å². The molecule has 70 valence electrons. The van der Waals surface area contributed by atoms with Crippen LogP contribution in [0.25, 0.3) is 0 Å². The second-order valence-electron chi connectivity index (χ2n) is 3.62. The molecule has 0 saturated carbocycles. The molecule has 4 heteroatoms. The number of rotatable bonds is 1. The first kappa shape index (κ1) is 10.1. The summed E-state index contributed by atoms with van der Waals surface area (Å²) in [5.74, 6) is 0.628. The molecule has 0 radical (unpaired) electrons. The quantitative estimate of drug-likeness (QED) is 0.658. The smallest absolute Gasteiger partial charge is 0.256 e. The minimum absolute atomic E-state index is 0.261. The summed E-state index contributed by atoms with van der Waals surface area (Å²) in [6.45, 7) is 4.90. The highest BCUT2D eigenvalue weighted by molar-refractivity contribution is 6.58. The summed E-state index contributed by atoms with van der Waals surface area (Å²) in [6.07, 6.45) is 0.555. The Morgan fingerprint density at radius 1 is 1.58 bits per heavy atom. The summed E-state index contributed by atoms with van der Waals surface area (Å²) >= 11 is 11.6. The van der Waals surface area contributed by atoms with E-state index in [9.17, 15) is 4.79 Å². The highest BCUT2D eigenvalue weighted by atomic mass is 35.5. The van der Waals surface area contributed by atoms with Crippen molar-refractivity contribution in [1.82, 2.24) is 5.32 Å². The molecule has 2 nitrogen and oxygen atoms in total. The average Bonchev–Trinajstić information content (AvgIpc) is 1.94. The molecule has 0 spiro atoms. The van der Waals surface area contributed by atoms with Gasteiger partial charge >= 0.3 is 0 Å². The number of carbonyl (C=O) groups excluding carboxylic acids is 1. The first-order chi connectivity index (χ1) is 5.43. The average molecular weight is 210 g/mol. The summed E-state index contributed by atoms with van der Waals surface area (Å²) in [5, 5.41) is 2.70. The minimum Gasteiger partial charge on any atom is -0.353 e. The van der Waals surface area contributed by atoms with Crippen LogP contribution in [0, 0.1) is 11.8 Å². The van der Waals surface area contributed by atoms with Crippen molar-refractivity contribution in [3.8, 4) is 0 Å². The van der Waals surface area contributed by atoms with Gasteiger partial charge in [-0.15, -0.1) is 0 Å². The maximum Gasteiger partial charge on any atom is 0.256 e. The molecule has 12 heavy (non-hydrogen) atoms. The molecule has 1 fully saturated rings. The normalized spacial score (nSPS) is 28.8. The summed E-state index contributed by atoms with van der Waals surface area (Å²) < 4.78 is -1.22. The van der Waals surface area contributed by atoms with Gasteiger partial charge in [0.25, 0.3) is 5.91 Å². The van der Waals surface area contributed by atoms with Gasteiger partial charge in [0.15, 0.2) is 4.33 Å². The van der Waals surface area contributed by atoms with Crippen LogP contribution in [-0.4, -0.2) is 16.8 Å². The maximum absolute atomic E-state index is 11.1. The molecule has 1 aliphatic heterocycles. The molecule has 1 amide bonds. The van der Waals surface area contributed by atoms with Crippen LogP contribution >= 0.6 is 23.2 Å². The van der Waals surface area contributed by atoms with E-state index in [1.165, 1.54) is 0 Å². The lowest BCUT2D eigenvalue weighted by molar-refractivity contribution is -0.124. The van der Waals surface area contributed by atoms with Crippen molar-refractivity contribution in [2.45, 2.75) is 24.6 Å². The molecule has 1 heterocycles. The summed E-state index contributed by atoms with van der Waals surface area (Å²) in [5.41, 5.74) is 0. The fourth-order valence-electron chi connectivity index (χ4n) is 1.32. The molecule has 0 aromatic rings. The summed E-state index contributed by atoms with van der Waals surface area (Å²) in [4.78, 5) is 11.1. The summed E-state index contributed by atoms with van der Waals surface area (Å²) in [7, 11) is 0. The number of hydrogen-bond donors (Lipinski definition) is 1. The molecule has 1 saturated heterocycles. The van der Waals surface area contributed by atoms with Gasteiger partial charge in [-0.05, 0) is 18.3 Å². The molecular weight excluding hydrogens is 197 g/mol. The standard InChI is InChI=1S/C8H13Cl2NO/c1-5(2)6-3-8(9,10)7(12)11-4-6/h5-6H,3-4H2,1-2H3,(H,11,12). The van der Waals surface area contributed by atoms with Crippen LogP contribution in [0.3, 0.4) is 0 Å². The Hall–Kier alpha value is 0.0500. The maximum atomic E-state index is 11.1. The Labute approximate surface area is 82.6 Å². The number of hydrogen-bond acceptors (Lipinski definition) is 1. The van der Waals surface area contributed by atoms with E-state index >= 15 is 0 Å². The van der Waals surface area contributed by atoms with Crippen LogP contribution in [0.5, 0.6) is 0 Å². The zero-order valence-corrected chi connectivity index (χ0v) is 8.74. The predicted octanol–water partition coefficient (Wildman–Crippen LogP) is 1.95. The van der Waals surface area contributed by atoms with Crippen molar-refractivity contribution in [2.24, 2.45) is 11.8 Å². The second kappa shape index (κ2) is 3.43. The Morgan fingerprint density at radius 2 is 2.17 bits per heavy atom. The fraction of sp³-hybridized carbons (Fsp3) is 0.875. The van der Waals surface area contributed by atoms with E-state index in [4.69, 9.17) is 23.2 Å².